The van der Waals surface area contributed by atoms with Crippen molar-refractivity contribution < 1.29 is 4.79 Å². The molecule has 0 aromatic heterocycles. The van der Waals surface area contributed by atoms with Crippen LogP contribution >= 0.6 is 0 Å². The van der Waals surface area contributed by atoms with E-state index in [1.165, 1.54) is 16.8 Å². The Bertz CT molecular complexity index is 1580. The Morgan fingerprint density at radius 2 is 1.32 bits per heavy atom. The Balaban J connectivity index is 1.74. The number of carbonyl (C=O) groups excluding carboxylic acids is 1. The van der Waals surface area contributed by atoms with Crippen molar-refractivity contribution in [3.05, 3.63) is 150 Å². The van der Waals surface area contributed by atoms with Gasteiger partial charge in [0.05, 0.1) is 11.5 Å². The molecule has 0 saturated carbocycles. The maximum absolute atomic E-state index is 15.0. The van der Waals surface area contributed by atoms with E-state index >= 15 is 4.79 Å². The van der Waals surface area contributed by atoms with Crippen molar-refractivity contribution in [1.29, 1.82) is 0 Å². The van der Waals surface area contributed by atoms with Crippen molar-refractivity contribution >= 4 is 22.6 Å². The second-order valence-corrected chi connectivity index (χ2v) is 11.6. The van der Waals surface area contributed by atoms with Gasteiger partial charge in [0.1, 0.15) is 0 Å². The minimum atomic E-state index is -0.627. The van der Waals surface area contributed by atoms with E-state index in [0.29, 0.717) is 0 Å². The molecule has 2 heteroatoms. The van der Waals surface area contributed by atoms with Crippen LogP contribution < -0.4 is 4.90 Å². The van der Waals surface area contributed by atoms with Crippen LogP contribution in [0.15, 0.2) is 127 Å². The van der Waals surface area contributed by atoms with Gasteiger partial charge < -0.3 is 4.90 Å². The van der Waals surface area contributed by atoms with E-state index in [1.807, 2.05) is 36.4 Å². The van der Waals surface area contributed by atoms with Gasteiger partial charge in [-0.15, -0.1) is 0 Å². The Morgan fingerprint density at radius 1 is 0.775 bits per heavy atom. The molecule has 2 aliphatic rings. The van der Waals surface area contributed by atoms with Gasteiger partial charge in [0.2, 0.25) is 0 Å². The number of hydrogen-bond acceptors (Lipinski definition) is 2. The van der Waals surface area contributed by atoms with Gasteiger partial charge in [-0.1, -0.05) is 123 Å². The average molecular weight is 524 g/mol. The number of anilines is 1. The molecule has 0 saturated heterocycles. The highest BCUT2D eigenvalue weighted by atomic mass is 16.1. The molecule has 0 bridgehead atoms. The Labute approximate surface area is 238 Å². The predicted octanol–water partition coefficient (Wildman–Crippen LogP) is 9.00. The van der Waals surface area contributed by atoms with Gasteiger partial charge in [-0.05, 0) is 66.3 Å². The van der Waals surface area contributed by atoms with Crippen LogP contribution in [0.4, 0.5) is 5.69 Å². The highest BCUT2D eigenvalue weighted by molar-refractivity contribution is 6.10. The smallest absolute Gasteiger partial charge is 0.173 e. The summed E-state index contributed by atoms with van der Waals surface area (Å²) in [6.45, 7) is 9.19. The monoisotopic (exact) mass is 523 g/mol. The molecule has 6 rings (SSSR count). The maximum Gasteiger partial charge on any atom is 0.173 e. The van der Waals surface area contributed by atoms with E-state index in [4.69, 9.17) is 0 Å². The van der Waals surface area contributed by atoms with E-state index < -0.39 is 11.5 Å². The van der Waals surface area contributed by atoms with E-state index in [1.54, 1.807) is 0 Å². The van der Waals surface area contributed by atoms with Gasteiger partial charge in [-0.3, -0.25) is 4.79 Å². The van der Waals surface area contributed by atoms with Crippen molar-refractivity contribution in [3.63, 3.8) is 0 Å². The molecule has 4 aromatic rings. The summed E-state index contributed by atoms with van der Waals surface area (Å²) < 4.78 is 0. The molecule has 0 unspecified atom stereocenters. The first kappa shape index (κ1) is 26.1. The van der Waals surface area contributed by atoms with Crippen LogP contribution in [-0.4, -0.2) is 17.4 Å². The fourth-order valence-electron chi connectivity index (χ4n) is 7.33. The minimum absolute atomic E-state index is 0.164. The van der Waals surface area contributed by atoms with Gasteiger partial charge in [0, 0.05) is 22.7 Å². The summed E-state index contributed by atoms with van der Waals surface area (Å²) in [6, 6.07) is 40.0. The van der Waals surface area contributed by atoms with Crippen molar-refractivity contribution in [2.45, 2.75) is 51.1 Å². The van der Waals surface area contributed by atoms with Crippen LogP contribution in [0.1, 0.15) is 61.2 Å². The second kappa shape index (κ2) is 10.1. The molecule has 0 amide bonds. The van der Waals surface area contributed by atoms with Gasteiger partial charge in [0.25, 0.3) is 0 Å². The zero-order valence-corrected chi connectivity index (χ0v) is 23.8. The highest BCUT2D eigenvalue weighted by Gasteiger charge is 2.64. The maximum atomic E-state index is 15.0. The predicted molar refractivity (Wildman–Crippen MR) is 168 cm³/mol. The van der Waals surface area contributed by atoms with E-state index in [-0.39, 0.29) is 17.2 Å². The molecule has 1 aliphatic carbocycles. The van der Waals surface area contributed by atoms with Crippen molar-refractivity contribution in [3.8, 4) is 0 Å². The zero-order valence-electron chi connectivity index (χ0n) is 23.8. The molecular formula is C38H37NO. The van der Waals surface area contributed by atoms with Crippen LogP contribution in [0.5, 0.6) is 0 Å². The lowest BCUT2D eigenvalue weighted by Crippen LogP contribution is -2.64. The molecule has 1 aliphatic heterocycles. The number of allylic oxidation sites excluding steroid dienone is 2. The largest absolute Gasteiger partial charge is 0.358 e. The van der Waals surface area contributed by atoms with Crippen LogP contribution in [0.25, 0.3) is 11.1 Å². The molecule has 4 aromatic carbocycles. The Kier molecular flexibility index (Phi) is 6.58. The van der Waals surface area contributed by atoms with Gasteiger partial charge >= 0.3 is 0 Å². The van der Waals surface area contributed by atoms with Gasteiger partial charge in [-0.25, -0.2) is 0 Å². The quantitative estimate of drug-likeness (QED) is 0.235. The molecule has 0 N–H and O–H groups in total. The summed E-state index contributed by atoms with van der Waals surface area (Å²) >= 11 is 0. The number of Topliss-reactive ketones (excluding diaryl/α,β-unsaturated/α-hetero) is 1. The lowest BCUT2D eigenvalue weighted by molar-refractivity contribution is 0.0869. The lowest BCUT2D eigenvalue weighted by atomic mass is 9.55. The fraction of sp³-hybridized carbons (Fsp3) is 0.237. The molecule has 3 atom stereocenters. The average Bonchev–Trinajstić information content (AvgIpc) is 3.22. The van der Waals surface area contributed by atoms with E-state index in [0.717, 1.165) is 28.7 Å². The van der Waals surface area contributed by atoms with Gasteiger partial charge in [0.15, 0.2) is 5.78 Å². The summed E-state index contributed by atoms with van der Waals surface area (Å²) in [7, 11) is 0. The number of ketones is 1. The molecule has 40 heavy (non-hydrogen) atoms. The summed E-state index contributed by atoms with van der Waals surface area (Å²) in [5.74, 6) is -0.248. The summed E-state index contributed by atoms with van der Waals surface area (Å²) in [4.78, 5) is 17.6. The third-order valence-corrected chi connectivity index (χ3v) is 9.24. The lowest BCUT2D eigenvalue weighted by Gasteiger charge is -2.55. The first-order valence-electron chi connectivity index (χ1n) is 14.5. The van der Waals surface area contributed by atoms with E-state index in [9.17, 15) is 0 Å². The molecule has 2 nitrogen and oxygen atoms in total. The number of hydrogen-bond donors (Lipinski definition) is 0. The van der Waals surface area contributed by atoms with Crippen LogP contribution in [0.2, 0.25) is 0 Å². The van der Waals surface area contributed by atoms with Crippen molar-refractivity contribution in [2.24, 2.45) is 5.92 Å². The molecule has 1 heterocycles. The first-order chi connectivity index (χ1) is 19.4. The third kappa shape index (κ3) is 3.81. The number of benzene rings is 4. The molecule has 200 valence electrons. The van der Waals surface area contributed by atoms with Crippen LogP contribution in [0, 0.1) is 5.92 Å². The summed E-state index contributed by atoms with van der Waals surface area (Å²) in [6.07, 6.45) is 5.62. The second-order valence-electron chi connectivity index (χ2n) is 11.6. The summed E-state index contributed by atoms with van der Waals surface area (Å²) in [5.41, 5.74) is 6.84. The van der Waals surface area contributed by atoms with Gasteiger partial charge in [-0.2, -0.15) is 0 Å². The van der Waals surface area contributed by atoms with Crippen molar-refractivity contribution in [1.82, 2.24) is 0 Å². The normalized spacial score (nSPS) is 23.6. The van der Waals surface area contributed by atoms with Crippen molar-refractivity contribution in [2.75, 3.05) is 4.90 Å². The van der Waals surface area contributed by atoms with Crippen LogP contribution in [-0.2, 0) is 5.41 Å². The van der Waals surface area contributed by atoms with E-state index in [2.05, 4.69) is 124 Å². The Hall–Kier alpha value is -4.17. The van der Waals surface area contributed by atoms with Crippen LogP contribution in [0.3, 0.4) is 0 Å². The third-order valence-electron chi connectivity index (χ3n) is 9.24. The number of rotatable bonds is 6. The highest BCUT2D eigenvalue weighted by Crippen LogP contribution is 2.62. The molecule has 0 fully saturated rings. The first-order valence-corrected chi connectivity index (χ1v) is 14.5. The SMILES string of the molecule is CC[C@@]1(C)c2ccccc2N(C(C)C)[C@]12C=C(c1ccccc1)C=C(c1ccccc1)[C@H]2C(=O)c1ccccc1. The fourth-order valence-corrected chi connectivity index (χ4v) is 7.33. The number of nitrogens with zero attached hydrogens (tertiary/aromatic N) is 1. The Morgan fingerprint density at radius 3 is 1.93 bits per heavy atom. The molecular weight excluding hydrogens is 486 g/mol. The standard InChI is InChI=1S/C38H37NO/c1-5-37(4)33-23-15-16-24-34(33)39(27(2)3)38(37)26-31(28-17-9-6-10-18-28)25-32(29-19-11-7-12-20-29)35(38)36(40)30-21-13-8-14-22-30/h6-27,35H,5H2,1-4H3/t35-,37-,38-/m0/s1. The summed E-state index contributed by atoms with van der Waals surface area (Å²) in [5, 5.41) is 0. The number of para-hydroxylation sites is 1. The molecule has 0 radical (unpaired) electrons. The topological polar surface area (TPSA) is 20.3 Å². The number of carbonyl (C=O) groups is 1. The number of fused-ring (bicyclic) bond motifs is 1. The zero-order chi connectivity index (χ0) is 27.9. The molecule has 1 spiro atoms. The minimum Gasteiger partial charge on any atom is -0.358 e.